The van der Waals surface area contributed by atoms with Gasteiger partial charge < -0.3 is 15.8 Å². The van der Waals surface area contributed by atoms with Gasteiger partial charge in [-0.2, -0.15) is 0 Å². The molecule has 0 aliphatic heterocycles. The Hall–Kier alpha value is -1.05. The molecule has 0 aromatic heterocycles. The van der Waals surface area contributed by atoms with Gasteiger partial charge in [0.2, 0.25) is 0 Å². The zero-order chi connectivity index (χ0) is 14.8. The van der Waals surface area contributed by atoms with Crippen molar-refractivity contribution in [1.29, 1.82) is 0 Å². The minimum Gasteiger partial charge on any atom is -0.494 e. The van der Waals surface area contributed by atoms with Crippen LogP contribution in [-0.4, -0.2) is 25.7 Å². The van der Waals surface area contributed by atoms with E-state index in [2.05, 4.69) is 24.2 Å². The molecule has 0 amide bonds. The summed E-state index contributed by atoms with van der Waals surface area (Å²) in [5, 5.41) is 3.07. The van der Waals surface area contributed by atoms with Gasteiger partial charge in [0.25, 0.3) is 0 Å². The highest BCUT2D eigenvalue weighted by molar-refractivity contribution is 14.0. The maximum atomic E-state index is 12.7. The molecule has 120 valence electrons. The molecule has 4 nitrogen and oxygen atoms in total. The number of nitrogens with zero attached hydrogens (tertiary/aromatic N) is 1. The van der Waals surface area contributed by atoms with E-state index in [1.165, 1.54) is 12.1 Å². The van der Waals surface area contributed by atoms with E-state index >= 15 is 0 Å². The predicted octanol–water partition coefficient (Wildman–Crippen LogP) is 3.16. The molecule has 0 fully saturated rings. The maximum Gasteiger partial charge on any atom is 0.188 e. The van der Waals surface area contributed by atoms with Crippen molar-refractivity contribution in [3.05, 3.63) is 30.1 Å². The third-order valence-corrected chi connectivity index (χ3v) is 2.69. The lowest BCUT2D eigenvalue weighted by atomic mass is 10.1. The van der Waals surface area contributed by atoms with Crippen LogP contribution in [0.5, 0.6) is 5.75 Å². The van der Waals surface area contributed by atoms with E-state index in [9.17, 15) is 4.39 Å². The molecule has 21 heavy (non-hydrogen) atoms. The van der Waals surface area contributed by atoms with Gasteiger partial charge in [-0.25, -0.2) is 4.39 Å². The smallest absolute Gasteiger partial charge is 0.188 e. The predicted molar refractivity (Wildman–Crippen MR) is 95.9 cm³/mol. The highest BCUT2D eigenvalue weighted by Gasteiger charge is 1.96. The Kier molecular flexibility index (Phi) is 11.0. The normalized spacial score (nSPS) is 11.1. The number of benzene rings is 1. The molecule has 6 heteroatoms. The van der Waals surface area contributed by atoms with Crippen LogP contribution in [0.25, 0.3) is 0 Å². The van der Waals surface area contributed by atoms with Crippen molar-refractivity contribution in [3.63, 3.8) is 0 Å². The minimum absolute atomic E-state index is 0. The highest BCUT2D eigenvalue weighted by Crippen LogP contribution is 2.10. The Morgan fingerprint density at radius 1 is 1.33 bits per heavy atom. The first-order valence-corrected chi connectivity index (χ1v) is 7.00. The zero-order valence-corrected chi connectivity index (χ0v) is 15.0. The molecule has 1 rings (SSSR count). The summed E-state index contributed by atoms with van der Waals surface area (Å²) in [6.07, 6.45) is 1.84. The minimum atomic E-state index is -0.262. The Bertz CT molecular complexity index is 410. The molecular formula is C15H25FIN3O. The van der Waals surface area contributed by atoms with Gasteiger partial charge in [-0.1, -0.05) is 13.8 Å². The van der Waals surface area contributed by atoms with Gasteiger partial charge in [0.15, 0.2) is 5.96 Å². The van der Waals surface area contributed by atoms with Crippen LogP contribution in [0.3, 0.4) is 0 Å². The summed E-state index contributed by atoms with van der Waals surface area (Å²) < 4.78 is 18.1. The van der Waals surface area contributed by atoms with Gasteiger partial charge in [0, 0.05) is 19.5 Å². The number of ether oxygens (including phenoxy) is 1. The van der Waals surface area contributed by atoms with E-state index in [1.54, 1.807) is 12.1 Å². The molecule has 0 heterocycles. The number of guanidine groups is 1. The van der Waals surface area contributed by atoms with Crippen molar-refractivity contribution in [3.8, 4) is 5.75 Å². The van der Waals surface area contributed by atoms with Gasteiger partial charge in [0.1, 0.15) is 11.6 Å². The molecule has 3 N–H and O–H groups in total. The van der Waals surface area contributed by atoms with E-state index in [1.807, 2.05) is 0 Å². The van der Waals surface area contributed by atoms with Crippen molar-refractivity contribution in [2.24, 2.45) is 16.6 Å². The van der Waals surface area contributed by atoms with Crippen molar-refractivity contribution < 1.29 is 9.13 Å². The first-order valence-electron chi connectivity index (χ1n) is 7.00. The summed E-state index contributed by atoms with van der Waals surface area (Å²) in [5.41, 5.74) is 5.73. The molecule has 0 spiro atoms. The Morgan fingerprint density at radius 2 is 2.00 bits per heavy atom. The highest BCUT2D eigenvalue weighted by atomic mass is 127. The molecule has 0 atom stereocenters. The van der Waals surface area contributed by atoms with Gasteiger partial charge >= 0.3 is 0 Å². The summed E-state index contributed by atoms with van der Waals surface area (Å²) in [6.45, 7) is 6.33. The molecule has 0 saturated heterocycles. The summed E-state index contributed by atoms with van der Waals surface area (Å²) in [6, 6.07) is 5.98. The zero-order valence-electron chi connectivity index (χ0n) is 12.6. The number of aliphatic imine (C=N–C) groups is 1. The largest absolute Gasteiger partial charge is 0.494 e. The fourth-order valence-corrected chi connectivity index (χ4v) is 1.53. The summed E-state index contributed by atoms with van der Waals surface area (Å²) in [7, 11) is 0. The van der Waals surface area contributed by atoms with E-state index in [0.29, 0.717) is 30.8 Å². The van der Waals surface area contributed by atoms with E-state index in [0.717, 1.165) is 19.4 Å². The van der Waals surface area contributed by atoms with Crippen LogP contribution in [0.1, 0.15) is 26.7 Å². The molecule has 1 aromatic carbocycles. The summed E-state index contributed by atoms with van der Waals surface area (Å²) in [4.78, 5) is 4.21. The third-order valence-electron chi connectivity index (χ3n) is 2.69. The van der Waals surface area contributed by atoms with Crippen molar-refractivity contribution in [2.45, 2.75) is 26.7 Å². The Balaban J connectivity index is 0.00000400. The molecule has 0 radical (unpaired) electrons. The molecule has 0 aliphatic carbocycles. The topological polar surface area (TPSA) is 59.6 Å². The summed E-state index contributed by atoms with van der Waals surface area (Å²) in [5.74, 6) is 1.53. The van der Waals surface area contributed by atoms with E-state index in [-0.39, 0.29) is 29.8 Å². The van der Waals surface area contributed by atoms with Crippen LogP contribution in [-0.2, 0) is 0 Å². The van der Waals surface area contributed by atoms with Crippen molar-refractivity contribution >= 4 is 29.9 Å². The average Bonchev–Trinajstić information content (AvgIpc) is 2.40. The van der Waals surface area contributed by atoms with Crippen LogP contribution in [0.15, 0.2) is 29.3 Å². The van der Waals surface area contributed by atoms with Crippen LogP contribution >= 0.6 is 24.0 Å². The lowest BCUT2D eigenvalue weighted by Gasteiger charge is -2.08. The molecule has 0 bridgehead atoms. The van der Waals surface area contributed by atoms with Crippen molar-refractivity contribution in [1.82, 2.24) is 5.32 Å². The molecule has 1 aromatic rings. The Labute approximate surface area is 143 Å². The van der Waals surface area contributed by atoms with Gasteiger partial charge in [-0.05, 0) is 36.6 Å². The van der Waals surface area contributed by atoms with Crippen LogP contribution in [0.4, 0.5) is 4.39 Å². The van der Waals surface area contributed by atoms with Gasteiger partial charge in [-0.3, -0.25) is 4.99 Å². The SMILES string of the molecule is CC(C)CCNC(N)=NCCCOc1ccc(F)cc1.I. The number of hydrogen-bond acceptors (Lipinski definition) is 2. The lowest BCUT2D eigenvalue weighted by Crippen LogP contribution is -2.33. The number of hydrogen-bond donors (Lipinski definition) is 2. The van der Waals surface area contributed by atoms with Crippen LogP contribution < -0.4 is 15.8 Å². The first kappa shape index (κ1) is 19.9. The molecular weight excluding hydrogens is 384 g/mol. The second kappa shape index (κ2) is 11.6. The van der Waals surface area contributed by atoms with Crippen molar-refractivity contribution in [2.75, 3.05) is 19.7 Å². The van der Waals surface area contributed by atoms with Crippen LogP contribution in [0, 0.1) is 11.7 Å². The number of halogens is 2. The standard InChI is InChI=1S/C15H24FN3O.HI/c1-12(2)8-10-19-15(17)18-9-3-11-20-14-6-4-13(16)5-7-14;/h4-7,12H,3,8-11H2,1-2H3,(H3,17,18,19);1H. The second-order valence-electron chi connectivity index (χ2n) is 5.03. The summed E-state index contributed by atoms with van der Waals surface area (Å²) >= 11 is 0. The molecule has 0 saturated carbocycles. The third kappa shape index (κ3) is 10.3. The average molecular weight is 409 g/mol. The van der Waals surface area contributed by atoms with Crippen LogP contribution in [0.2, 0.25) is 0 Å². The quantitative estimate of drug-likeness (QED) is 0.300. The molecule has 0 aliphatic rings. The fourth-order valence-electron chi connectivity index (χ4n) is 1.53. The number of nitrogens with one attached hydrogen (secondary N) is 1. The fraction of sp³-hybridized carbons (Fsp3) is 0.533. The van der Waals surface area contributed by atoms with E-state index < -0.39 is 0 Å². The van der Waals surface area contributed by atoms with Gasteiger partial charge in [-0.15, -0.1) is 24.0 Å². The molecule has 0 unspecified atom stereocenters. The number of rotatable bonds is 8. The lowest BCUT2D eigenvalue weighted by molar-refractivity contribution is 0.313. The first-order chi connectivity index (χ1) is 9.58. The number of nitrogens with two attached hydrogens (primary N) is 1. The van der Waals surface area contributed by atoms with Gasteiger partial charge in [0.05, 0.1) is 6.61 Å². The Morgan fingerprint density at radius 3 is 2.62 bits per heavy atom. The monoisotopic (exact) mass is 409 g/mol. The second-order valence-corrected chi connectivity index (χ2v) is 5.03. The maximum absolute atomic E-state index is 12.7. The van der Waals surface area contributed by atoms with E-state index in [4.69, 9.17) is 10.5 Å².